The van der Waals surface area contributed by atoms with Crippen molar-refractivity contribution in [1.82, 2.24) is 10.3 Å². The molecule has 0 amide bonds. The third-order valence-corrected chi connectivity index (χ3v) is 3.04. The van der Waals surface area contributed by atoms with Crippen LogP contribution in [0.15, 0.2) is 5.38 Å². The summed E-state index contributed by atoms with van der Waals surface area (Å²) in [5.41, 5.74) is 6.62. The number of nitrogens with zero attached hydrogens (tertiary/aromatic N) is 1. The van der Waals surface area contributed by atoms with Crippen LogP contribution >= 0.6 is 11.3 Å². The van der Waals surface area contributed by atoms with E-state index in [0.29, 0.717) is 18.6 Å². The molecule has 0 saturated heterocycles. The second kappa shape index (κ2) is 4.69. The highest BCUT2D eigenvalue weighted by Gasteiger charge is 2.10. The van der Waals surface area contributed by atoms with E-state index in [0.717, 1.165) is 10.7 Å². The molecule has 4 heteroatoms. The maximum Gasteiger partial charge on any atom is 0.110 e. The van der Waals surface area contributed by atoms with Crippen molar-refractivity contribution in [2.24, 2.45) is 5.73 Å². The number of hydrogen-bond acceptors (Lipinski definition) is 4. The molecule has 0 saturated carbocycles. The highest BCUT2D eigenvalue weighted by molar-refractivity contribution is 7.09. The third kappa shape index (κ3) is 3.06. The molecule has 13 heavy (non-hydrogen) atoms. The lowest BCUT2D eigenvalue weighted by Gasteiger charge is -2.16. The van der Waals surface area contributed by atoms with Crippen molar-refractivity contribution in [3.8, 4) is 0 Å². The van der Waals surface area contributed by atoms with Crippen molar-refractivity contribution < 1.29 is 0 Å². The largest absolute Gasteiger partial charge is 0.329 e. The van der Waals surface area contributed by atoms with Gasteiger partial charge in [-0.3, -0.25) is 0 Å². The zero-order chi connectivity index (χ0) is 9.84. The van der Waals surface area contributed by atoms with Crippen LogP contribution in [0.25, 0.3) is 0 Å². The number of nitrogens with one attached hydrogen (secondary N) is 1. The van der Waals surface area contributed by atoms with Crippen LogP contribution < -0.4 is 11.1 Å². The molecule has 0 aliphatic heterocycles. The quantitative estimate of drug-likeness (QED) is 0.771. The van der Waals surface area contributed by atoms with Gasteiger partial charge in [0, 0.05) is 23.7 Å². The molecule has 0 spiro atoms. The van der Waals surface area contributed by atoms with Crippen molar-refractivity contribution >= 4 is 11.3 Å². The predicted molar refractivity (Wildman–Crippen MR) is 56.9 cm³/mol. The van der Waals surface area contributed by atoms with Crippen LogP contribution in [0.5, 0.6) is 0 Å². The standard InChI is InChI=1S/C9H17N3S/c1-6(4-10)11-8(3)9-12-7(2)5-13-9/h5-6,8,11H,4,10H2,1-3H3. The monoisotopic (exact) mass is 199 g/mol. The number of aromatic nitrogens is 1. The summed E-state index contributed by atoms with van der Waals surface area (Å²) in [5, 5.41) is 6.59. The number of aryl methyl sites for hydroxylation is 1. The summed E-state index contributed by atoms with van der Waals surface area (Å²) in [7, 11) is 0. The van der Waals surface area contributed by atoms with Gasteiger partial charge in [0.25, 0.3) is 0 Å². The highest BCUT2D eigenvalue weighted by Crippen LogP contribution is 2.17. The Labute approximate surface area is 83.4 Å². The van der Waals surface area contributed by atoms with Crippen LogP contribution in [0.4, 0.5) is 0 Å². The predicted octanol–water partition coefficient (Wildman–Crippen LogP) is 1.45. The number of rotatable bonds is 4. The molecule has 2 atom stereocenters. The molecule has 0 aliphatic rings. The molecule has 74 valence electrons. The molecule has 0 aliphatic carbocycles. The third-order valence-electron chi connectivity index (χ3n) is 1.90. The van der Waals surface area contributed by atoms with Gasteiger partial charge in [-0.15, -0.1) is 11.3 Å². The first-order chi connectivity index (χ1) is 6.13. The van der Waals surface area contributed by atoms with Gasteiger partial charge in [0.1, 0.15) is 5.01 Å². The molecule has 2 unspecified atom stereocenters. The first-order valence-corrected chi connectivity index (χ1v) is 5.39. The Morgan fingerprint density at radius 2 is 2.31 bits per heavy atom. The van der Waals surface area contributed by atoms with Gasteiger partial charge in [0.15, 0.2) is 0 Å². The molecule has 0 bridgehead atoms. The fourth-order valence-corrected chi connectivity index (χ4v) is 1.95. The minimum absolute atomic E-state index is 0.303. The molecule has 3 nitrogen and oxygen atoms in total. The average Bonchev–Trinajstić information content (AvgIpc) is 2.51. The van der Waals surface area contributed by atoms with Crippen molar-refractivity contribution in [3.05, 3.63) is 16.1 Å². The van der Waals surface area contributed by atoms with Gasteiger partial charge in [0.05, 0.1) is 6.04 Å². The Balaban J connectivity index is 2.53. The second-order valence-corrected chi connectivity index (χ2v) is 4.24. The Morgan fingerprint density at radius 3 is 2.77 bits per heavy atom. The zero-order valence-electron chi connectivity index (χ0n) is 8.37. The topological polar surface area (TPSA) is 50.9 Å². The molecule has 1 rings (SSSR count). The molecule has 0 aromatic carbocycles. The Morgan fingerprint density at radius 1 is 1.62 bits per heavy atom. The van der Waals surface area contributed by atoms with E-state index in [-0.39, 0.29) is 0 Å². The molecule has 1 heterocycles. The summed E-state index contributed by atoms with van der Waals surface area (Å²) in [6, 6.07) is 0.649. The van der Waals surface area contributed by atoms with E-state index in [2.05, 4.69) is 29.5 Å². The van der Waals surface area contributed by atoms with E-state index in [4.69, 9.17) is 5.73 Å². The van der Waals surface area contributed by atoms with Gasteiger partial charge in [-0.25, -0.2) is 4.98 Å². The van der Waals surface area contributed by atoms with Gasteiger partial charge < -0.3 is 11.1 Å². The fourth-order valence-electron chi connectivity index (χ4n) is 1.14. The zero-order valence-corrected chi connectivity index (χ0v) is 9.19. The fraction of sp³-hybridized carbons (Fsp3) is 0.667. The first kappa shape index (κ1) is 10.6. The number of nitrogens with two attached hydrogens (primary N) is 1. The van der Waals surface area contributed by atoms with E-state index >= 15 is 0 Å². The summed E-state index contributed by atoms with van der Waals surface area (Å²) in [6.07, 6.45) is 0. The molecular weight excluding hydrogens is 182 g/mol. The summed E-state index contributed by atoms with van der Waals surface area (Å²) >= 11 is 1.70. The lowest BCUT2D eigenvalue weighted by molar-refractivity contribution is 0.484. The summed E-state index contributed by atoms with van der Waals surface area (Å²) in [6.45, 7) is 6.87. The summed E-state index contributed by atoms with van der Waals surface area (Å²) in [5.74, 6) is 0. The van der Waals surface area contributed by atoms with Gasteiger partial charge in [0.2, 0.25) is 0 Å². The van der Waals surface area contributed by atoms with Crippen molar-refractivity contribution in [2.75, 3.05) is 6.54 Å². The van der Waals surface area contributed by atoms with Gasteiger partial charge in [-0.2, -0.15) is 0 Å². The van der Waals surface area contributed by atoms with Crippen LogP contribution in [-0.4, -0.2) is 17.6 Å². The van der Waals surface area contributed by atoms with Crippen molar-refractivity contribution in [2.45, 2.75) is 32.9 Å². The highest BCUT2D eigenvalue weighted by atomic mass is 32.1. The van der Waals surface area contributed by atoms with Gasteiger partial charge >= 0.3 is 0 Å². The van der Waals surface area contributed by atoms with Crippen LogP contribution in [0.1, 0.15) is 30.6 Å². The smallest absolute Gasteiger partial charge is 0.110 e. The van der Waals surface area contributed by atoms with Crippen molar-refractivity contribution in [3.63, 3.8) is 0 Å². The maximum absolute atomic E-state index is 5.52. The lowest BCUT2D eigenvalue weighted by Crippen LogP contribution is -2.34. The minimum Gasteiger partial charge on any atom is -0.329 e. The Bertz CT molecular complexity index is 259. The first-order valence-electron chi connectivity index (χ1n) is 4.51. The molecule has 0 radical (unpaired) electrons. The minimum atomic E-state index is 0.303. The maximum atomic E-state index is 5.52. The summed E-state index contributed by atoms with van der Waals surface area (Å²) < 4.78 is 0. The van der Waals surface area contributed by atoms with Crippen LogP contribution in [0.3, 0.4) is 0 Å². The SMILES string of the molecule is Cc1csc(C(C)NC(C)CN)n1. The molecule has 1 aromatic rings. The van der Waals surface area contributed by atoms with Crippen molar-refractivity contribution in [1.29, 1.82) is 0 Å². The van der Waals surface area contributed by atoms with E-state index in [1.807, 2.05) is 6.92 Å². The van der Waals surface area contributed by atoms with E-state index < -0.39 is 0 Å². The molecular formula is C9H17N3S. The molecule has 3 N–H and O–H groups in total. The van der Waals surface area contributed by atoms with E-state index in [1.165, 1.54) is 0 Å². The van der Waals surface area contributed by atoms with Gasteiger partial charge in [-0.1, -0.05) is 0 Å². The normalized spacial score (nSPS) is 15.7. The number of hydrogen-bond donors (Lipinski definition) is 2. The van der Waals surface area contributed by atoms with Crippen LogP contribution in [0, 0.1) is 6.92 Å². The Kier molecular flexibility index (Phi) is 3.84. The molecule has 1 aromatic heterocycles. The van der Waals surface area contributed by atoms with E-state index in [9.17, 15) is 0 Å². The number of thiazole rings is 1. The van der Waals surface area contributed by atoms with Gasteiger partial charge in [-0.05, 0) is 20.8 Å². The van der Waals surface area contributed by atoms with Crippen LogP contribution in [-0.2, 0) is 0 Å². The lowest BCUT2D eigenvalue weighted by atomic mass is 10.2. The van der Waals surface area contributed by atoms with Crippen LogP contribution in [0.2, 0.25) is 0 Å². The molecule has 0 fully saturated rings. The van der Waals surface area contributed by atoms with E-state index in [1.54, 1.807) is 11.3 Å². The second-order valence-electron chi connectivity index (χ2n) is 3.35. The Hall–Kier alpha value is -0.450. The summed E-state index contributed by atoms with van der Waals surface area (Å²) in [4.78, 5) is 4.41. The average molecular weight is 199 g/mol.